The van der Waals surface area contributed by atoms with Crippen molar-refractivity contribution in [2.45, 2.75) is 13.3 Å². The van der Waals surface area contributed by atoms with Crippen LogP contribution in [0.2, 0.25) is 0 Å². The third-order valence-electron chi connectivity index (χ3n) is 3.82. The van der Waals surface area contributed by atoms with Gasteiger partial charge in [-0.25, -0.2) is 5.43 Å². The molecule has 0 bridgehead atoms. The molecule has 0 aliphatic carbocycles. The minimum atomic E-state index is -0.199. The monoisotopic (exact) mass is 318 g/mol. The first kappa shape index (κ1) is 15.7. The maximum absolute atomic E-state index is 11.9. The second-order valence-electron chi connectivity index (χ2n) is 5.68. The van der Waals surface area contributed by atoms with Crippen LogP contribution in [0.5, 0.6) is 5.75 Å². The number of benzene rings is 3. The second-order valence-corrected chi connectivity index (χ2v) is 5.68. The van der Waals surface area contributed by atoms with Crippen molar-refractivity contribution >= 4 is 22.9 Å². The largest absolute Gasteiger partial charge is 0.507 e. The number of aryl methyl sites for hydroxylation is 1. The van der Waals surface area contributed by atoms with Gasteiger partial charge >= 0.3 is 0 Å². The molecule has 0 saturated heterocycles. The number of aromatic hydroxyl groups is 1. The van der Waals surface area contributed by atoms with Crippen LogP contribution in [0.1, 0.15) is 16.7 Å². The lowest BCUT2D eigenvalue weighted by molar-refractivity contribution is -0.120. The van der Waals surface area contributed by atoms with Crippen molar-refractivity contribution in [3.8, 4) is 5.75 Å². The minimum absolute atomic E-state index is 0.130. The zero-order valence-corrected chi connectivity index (χ0v) is 13.4. The summed E-state index contributed by atoms with van der Waals surface area (Å²) in [7, 11) is 0. The lowest BCUT2D eigenvalue weighted by atomic mass is 10.0. The molecular formula is C20H18N2O2. The molecule has 2 N–H and O–H groups in total. The predicted molar refractivity (Wildman–Crippen MR) is 96.2 cm³/mol. The molecular weight excluding hydrogens is 300 g/mol. The van der Waals surface area contributed by atoms with Crippen LogP contribution >= 0.6 is 0 Å². The summed E-state index contributed by atoms with van der Waals surface area (Å²) in [5.74, 6) is -0.0694. The van der Waals surface area contributed by atoms with E-state index >= 15 is 0 Å². The number of hydrogen-bond acceptors (Lipinski definition) is 3. The van der Waals surface area contributed by atoms with Gasteiger partial charge in [0.05, 0.1) is 12.6 Å². The number of nitrogens with one attached hydrogen (secondary N) is 1. The maximum atomic E-state index is 11.9. The van der Waals surface area contributed by atoms with Gasteiger partial charge in [-0.15, -0.1) is 0 Å². The Morgan fingerprint density at radius 1 is 1.08 bits per heavy atom. The molecule has 0 spiro atoms. The molecule has 3 aromatic rings. The molecule has 1 amide bonds. The van der Waals surface area contributed by atoms with Gasteiger partial charge in [-0.05, 0) is 29.3 Å². The van der Waals surface area contributed by atoms with Crippen molar-refractivity contribution in [2.24, 2.45) is 5.10 Å². The van der Waals surface area contributed by atoms with Gasteiger partial charge in [-0.3, -0.25) is 4.79 Å². The first-order valence-electron chi connectivity index (χ1n) is 7.71. The molecule has 0 unspecified atom stereocenters. The maximum Gasteiger partial charge on any atom is 0.244 e. The number of phenols is 1. The van der Waals surface area contributed by atoms with Crippen molar-refractivity contribution in [1.29, 1.82) is 0 Å². The molecule has 0 heterocycles. The smallest absolute Gasteiger partial charge is 0.244 e. The first-order valence-corrected chi connectivity index (χ1v) is 7.71. The van der Waals surface area contributed by atoms with E-state index in [1.54, 1.807) is 6.07 Å². The summed E-state index contributed by atoms with van der Waals surface area (Å²) in [6.45, 7) is 2.00. The molecule has 0 radical (unpaired) electrons. The highest BCUT2D eigenvalue weighted by Crippen LogP contribution is 2.25. The van der Waals surface area contributed by atoms with Gasteiger partial charge in [0.25, 0.3) is 0 Å². The number of fused-ring (bicyclic) bond motifs is 1. The zero-order valence-electron chi connectivity index (χ0n) is 13.4. The quantitative estimate of drug-likeness (QED) is 0.571. The van der Waals surface area contributed by atoms with Crippen LogP contribution in [-0.4, -0.2) is 17.2 Å². The average molecular weight is 318 g/mol. The van der Waals surface area contributed by atoms with Crippen molar-refractivity contribution in [1.82, 2.24) is 5.43 Å². The van der Waals surface area contributed by atoms with E-state index in [0.29, 0.717) is 5.56 Å². The lowest BCUT2D eigenvalue weighted by Gasteiger charge is -2.05. The van der Waals surface area contributed by atoms with E-state index in [9.17, 15) is 9.90 Å². The fourth-order valence-electron chi connectivity index (χ4n) is 2.52. The van der Waals surface area contributed by atoms with E-state index in [2.05, 4.69) is 10.5 Å². The number of carbonyl (C=O) groups is 1. The zero-order chi connectivity index (χ0) is 16.9. The third-order valence-corrected chi connectivity index (χ3v) is 3.82. The number of phenolic OH excluding ortho intramolecular Hbond substituents is 1. The van der Waals surface area contributed by atoms with Crippen LogP contribution in [0.3, 0.4) is 0 Å². The van der Waals surface area contributed by atoms with Gasteiger partial charge in [0.2, 0.25) is 5.91 Å². The normalized spacial score (nSPS) is 11.0. The molecule has 0 aliphatic rings. The third kappa shape index (κ3) is 3.60. The molecule has 0 saturated carbocycles. The topological polar surface area (TPSA) is 61.7 Å². The van der Waals surface area contributed by atoms with E-state index < -0.39 is 0 Å². The number of hydrogen-bond donors (Lipinski definition) is 2. The van der Waals surface area contributed by atoms with Crippen LogP contribution in [0.25, 0.3) is 10.8 Å². The Hall–Kier alpha value is -3.14. The number of amides is 1. The highest BCUT2D eigenvalue weighted by molar-refractivity contribution is 6.02. The van der Waals surface area contributed by atoms with Gasteiger partial charge in [0.1, 0.15) is 5.75 Å². The van der Waals surface area contributed by atoms with E-state index in [4.69, 9.17) is 0 Å². The van der Waals surface area contributed by atoms with E-state index in [1.807, 2.05) is 61.5 Å². The number of nitrogens with zero attached hydrogens (tertiary/aromatic N) is 1. The van der Waals surface area contributed by atoms with Gasteiger partial charge in [0.15, 0.2) is 0 Å². The van der Waals surface area contributed by atoms with Crippen LogP contribution < -0.4 is 5.43 Å². The van der Waals surface area contributed by atoms with Crippen LogP contribution in [0, 0.1) is 6.92 Å². The molecule has 0 fully saturated rings. The number of carbonyl (C=O) groups excluding carboxylic acids is 1. The van der Waals surface area contributed by atoms with E-state index in [0.717, 1.165) is 21.9 Å². The molecule has 0 atom stereocenters. The molecule has 3 aromatic carbocycles. The molecule has 120 valence electrons. The Kier molecular flexibility index (Phi) is 4.57. The van der Waals surface area contributed by atoms with Crippen molar-refractivity contribution in [3.05, 3.63) is 77.4 Å². The molecule has 4 nitrogen and oxygen atoms in total. The van der Waals surface area contributed by atoms with Crippen LogP contribution in [0.15, 0.2) is 65.8 Å². The summed E-state index contributed by atoms with van der Waals surface area (Å²) < 4.78 is 0. The second kappa shape index (κ2) is 6.96. The van der Waals surface area contributed by atoms with Crippen molar-refractivity contribution in [3.63, 3.8) is 0 Å². The summed E-state index contributed by atoms with van der Waals surface area (Å²) >= 11 is 0. The Morgan fingerprint density at radius 2 is 1.83 bits per heavy atom. The molecule has 3 rings (SSSR count). The average Bonchev–Trinajstić information content (AvgIpc) is 2.59. The molecule has 0 aromatic heterocycles. The number of rotatable bonds is 4. The highest BCUT2D eigenvalue weighted by atomic mass is 16.3. The minimum Gasteiger partial charge on any atom is -0.507 e. The van der Waals surface area contributed by atoms with Crippen LogP contribution in [-0.2, 0) is 11.2 Å². The molecule has 4 heteroatoms. The standard InChI is InChI=1S/C20H18N2O2/c1-14-6-8-15(9-7-14)12-20(24)22-21-13-18-17-5-3-2-4-16(17)10-11-19(18)23/h2-11,13,23H,12H2,1H3,(H,22,24). The van der Waals surface area contributed by atoms with E-state index in [-0.39, 0.29) is 18.1 Å². The van der Waals surface area contributed by atoms with Crippen molar-refractivity contribution in [2.75, 3.05) is 0 Å². The molecule has 0 aliphatic heterocycles. The predicted octanol–water partition coefficient (Wildman–Crippen LogP) is 3.55. The summed E-state index contributed by atoms with van der Waals surface area (Å²) in [6, 6.07) is 19.0. The Labute approximate surface area is 140 Å². The fraction of sp³-hybridized carbons (Fsp3) is 0.100. The van der Waals surface area contributed by atoms with Gasteiger partial charge < -0.3 is 5.11 Å². The Bertz CT molecular complexity index is 899. The van der Waals surface area contributed by atoms with Crippen molar-refractivity contribution < 1.29 is 9.90 Å². The summed E-state index contributed by atoms with van der Waals surface area (Å²) in [4.78, 5) is 11.9. The Balaban J connectivity index is 1.71. The number of hydrazone groups is 1. The van der Waals surface area contributed by atoms with E-state index in [1.165, 1.54) is 6.21 Å². The van der Waals surface area contributed by atoms with Gasteiger partial charge in [-0.1, -0.05) is 60.2 Å². The summed E-state index contributed by atoms with van der Waals surface area (Å²) in [6.07, 6.45) is 1.74. The lowest BCUT2D eigenvalue weighted by Crippen LogP contribution is -2.19. The van der Waals surface area contributed by atoms with Gasteiger partial charge in [-0.2, -0.15) is 5.10 Å². The fourth-order valence-corrected chi connectivity index (χ4v) is 2.52. The summed E-state index contributed by atoms with van der Waals surface area (Å²) in [5, 5.41) is 15.9. The van der Waals surface area contributed by atoms with Gasteiger partial charge in [0, 0.05) is 5.56 Å². The first-order chi connectivity index (χ1) is 11.6. The molecule has 24 heavy (non-hydrogen) atoms. The summed E-state index contributed by atoms with van der Waals surface area (Å²) in [5.41, 5.74) is 5.18. The van der Waals surface area contributed by atoms with Crippen LogP contribution in [0.4, 0.5) is 0 Å². The Morgan fingerprint density at radius 3 is 2.62 bits per heavy atom. The highest BCUT2D eigenvalue weighted by Gasteiger charge is 2.05. The SMILES string of the molecule is Cc1ccc(CC(=O)NN=Cc2c(O)ccc3ccccc23)cc1.